The normalized spacial score (nSPS) is 9.81. The second-order valence-corrected chi connectivity index (χ2v) is 4.28. The van der Waals surface area contributed by atoms with Crippen molar-refractivity contribution in [3.8, 4) is 0 Å². The molecule has 1 heterocycles. The first kappa shape index (κ1) is 14.5. The van der Waals surface area contributed by atoms with Crippen LogP contribution >= 0.6 is 0 Å². The molecule has 0 spiro atoms. The molecular formula is C15H15N3O3. The van der Waals surface area contributed by atoms with Gasteiger partial charge in [-0.3, -0.25) is 4.79 Å². The van der Waals surface area contributed by atoms with Gasteiger partial charge in [0.1, 0.15) is 5.82 Å². The number of carbonyl (C=O) groups is 2. The number of rotatable bonds is 4. The number of esters is 1. The van der Waals surface area contributed by atoms with Gasteiger partial charge in [0.15, 0.2) is 0 Å². The van der Waals surface area contributed by atoms with E-state index in [0.29, 0.717) is 22.8 Å². The number of ether oxygens (including phenoxy) is 1. The van der Waals surface area contributed by atoms with Crippen molar-refractivity contribution < 1.29 is 14.3 Å². The average Bonchev–Trinajstić information content (AvgIpc) is 2.48. The van der Waals surface area contributed by atoms with Crippen LogP contribution in [0.15, 0.2) is 42.6 Å². The zero-order valence-corrected chi connectivity index (χ0v) is 11.7. The molecule has 0 saturated heterocycles. The minimum Gasteiger partial charge on any atom is -0.465 e. The van der Waals surface area contributed by atoms with E-state index in [2.05, 4.69) is 15.6 Å². The van der Waals surface area contributed by atoms with Crippen LogP contribution < -0.4 is 10.6 Å². The molecule has 2 rings (SSSR count). The van der Waals surface area contributed by atoms with Crippen LogP contribution in [0.3, 0.4) is 0 Å². The van der Waals surface area contributed by atoms with Gasteiger partial charge < -0.3 is 15.4 Å². The third-order valence-electron chi connectivity index (χ3n) is 2.68. The van der Waals surface area contributed by atoms with Crippen LogP contribution in [0, 0.1) is 0 Å². The van der Waals surface area contributed by atoms with Crippen LogP contribution in [0.4, 0.5) is 17.2 Å². The zero-order chi connectivity index (χ0) is 15.2. The molecular weight excluding hydrogens is 270 g/mol. The molecule has 0 unspecified atom stereocenters. The van der Waals surface area contributed by atoms with Gasteiger partial charge in [0.05, 0.1) is 30.2 Å². The lowest BCUT2D eigenvalue weighted by atomic mass is 10.1. The molecule has 1 aromatic heterocycles. The van der Waals surface area contributed by atoms with Crippen molar-refractivity contribution >= 4 is 29.1 Å². The van der Waals surface area contributed by atoms with E-state index >= 15 is 0 Å². The third kappa shape index (κ3) is 3.79. The number of pyridine rings is 1. The molecule has 0 aliphatic carbocycles. The SMILES string of the molecule is COC(=O)c1ccccc1Nc1ccc(NC(C)=O)nc1. The molecule has 0 fully saturated rings. The van der Waals surface area contributed by atoms with Gasteiger partial charge >= 0.3 is 5.97 Å². The largest absolute Gasteiger partial charge is 0.465 e. The summed E-state index contributed by atoms with van der Waals surface area (Å²) in [6, 6.07) is 10.4. The summed E-state index contributed by atoms with van der Waals surface area (Å²) < 4.78 is 4.74. The summed E-state index contributed by atoms with van der Waals surface area (Å²) >= 11 is 0. The summed E-state index contributed by atoms with van der Waals surface area (Å²) in [6.45, 7) is 1.42. The number of benzene rings is 1. The maximum Gasteiger partial charge on any atom is 0.339 e. The number of nitrogens with one attached hydrogen (secondary N) is 2. The van der Waals surface area contributed by atoms with Gasteiger partial charge in [0.25, 0.3) is 0 Å². The Balaban J connectivity index is 2.18. The Morgan fingerprint density at radius 3 is 2.52 bits per heavy atom. The molecule has 21 heavy (non-hydrogen) atoms. The predicted octanol–water partition coefficient (Wildman–Crippen LogP) is 2.57. The second-order valence-electron chi connectivity index (χ2n) is 4.28. The highest BCUT2D eigenvalue weighted by Crippen LogP contribution is 2.21. The molecule has 0 bridgehead atoms. The van der Waals surface area contributed by atoms with E-state index in [4.69, 9.17) is 4.74 Å². The molecule has 6 heteroatoms. The van der Waals surface area contributed by atoms with E-state index in [9.17, 15) is 9.59 Å². The molecule has 6 nitrogen and oxygen atoms in total. The number of hydrogen-bond acceptors (Lipinski definition) is 5. The van der Waals surface area contributed by atoms with E-state index in [1.807, 2.05) is 6.07 Å². The van der Waals surface area contributed by atoms with Crippen molar-refractivity contribution in [1.29, 1.82) is 0 Å². The molecule has 108 valence electrons. The molecule has 0 aliphatic heterocycles. The third-order valence-corrected chi connectivity index (χ3v) is 2.68. The molecule has 0 radical (unpaired) electrons. The molecule has 1 aromatic carbocycles. The van der Waals surface area contributed by atoms with Crippen molar-refractivity contribution in [2.45, 2.75) is 6.92 Å². The highest BCUT2D eigenvalue weighted by atomic mass is 16.5. The van der Waals surface area contributed by atoms with E-state index in [1.54, 1.807) is 36.5 Å². The minimum atomic E-state index is -0.416. The monoisotopic (exact) mass is 285 g/mol. The highest BCUT2D eigenvalue weighted by Gasteiger charge is 2.11. The van der Waals surface area contributed by atoms with E-state index in [0.717, 1.165) is 0 Å². The lowest BCUT2D eigenvalue weighted by Gasteiger charge is -2.10. The van der Waals surface area contributed by atoms with Crippen molar-refractivity contribution in [1.82, 2.24) is 4.98 Å². The maximum atomic E-state index is 11.7. The Bertz CT molecular complexity index is 653. The quantitative estimate of drug-likeness (QED) is 0.844. The van der Waals surface area contributed by atoms with Crippen LogP contribution in [0.5, 0.6) is 0 Å². The topological polar surface area (TPSA) is 80.3 Å². The van der Waals surface area contributed by atoms with Gasteiger partial charge in [-0.2, -0.15) is 0 Å². The number of carbonyl (C=O) groups excluding carboxylic acids is 2. The van der Waals surface area contributed by atoms with Crippen molar-refractivity contribution in [3.63, 3.8) is 0 Å². The van der Waals surface area contributed by atoms with Crippen LogP contribution in [0.25, 0.3) is 0 Å². The summed E-state index contributed by atoms with van der Waals surface area (Å²) in [5.74, 6) is -0.130. The van der Waals surface area contributed by atoms with Gasteiger partial charge in [-0.25, -0.2) is 9.78 Å². The number of hydrogen-bond donors (Lipinski definition) is 2. The van der Waals surface area contributed by atoms with Crippen LogP contribution in [0.2, 0.25) is 0 Å². The Hall–Kier alpha value is -2.89. The second kappa shape index (κ2) is 6.51. The minimum absolute atomic E-state index is 0.181. The lowest BCUT2D eigenvalue weighted by molar-refractivity contribution is -0.114. The molecule has 1 amide bonds. The average molecular weight is 285 g/mol. The molecule has 0 atom stereocenters. The Labute approximate surface area is 122 Å². The first-order chi connectivity index (χ1) is 10.1. The van der Waals surface area contributed by atoms with Crippen LogP contribution in [-0.4, -0.2) is 24.0 Å². The maximum absolute atomic E-state index is 11.7. The van der Waals surface area contributed by atoms with E-state index in [1.165, 1.54) is 14.0 Å². The van der Waals surface area contributed by atoms with Crippen LogP contribution in [0.1, 0.15) is 17.3 Å². The van der Waals surface area contributed by atoms with Crippen LogP contribution in [-0.2, 0) is 9.53 Å². The highest BCUT2D eigenvalue weighted by molar-refractivity contribution is 5.96. The zero-order valence-electron chi connectivity index (χ0n) is 11.7. The fraction of sp³-hybridized carbons (Fsp3) is 0.133. The first-order valence-corrected chi connectivity index (χ1v) is 6.28. The fourth-order valence-corrected chi connectivity index (χ4v) is 1.76. The smallest absolute Gasteiger partial charge is 0.339 e. The van der Waals surface area contributed by atoms with Crippen molar-refractivity contribution in [3.05, 3.63) is 48.2 Å². The van der Waals surface area contributed by atoms with Gasteiger partial charge in [0, 0.05) is 6.92 Å². The van der Waals surface area contributed by atoms with Gasteiger partial charge in [-0.1, -0.05) is 12.1 Å². The number of methoxy groups -OCH3 is 1. The summed E-state index contributed by atoms with van der Waals surface area (Å²) in [6.07, 6.45) is 1.57. The summed E-state index contributed by atoms with van der Waals surface area (Å²) in [5.41, 5.74) is 1.75. The Morgan fingerprint density at radius 2 is 1.90 bits per heavy atom. The van der Waals surface area contributed by atoms with Gasteiger partial charge in [-0.05, 0) is 24.3 Å². The first-order valence-electron chi connectivity index (χ1n) is 6.28. The molecule has 2 N–H and O–H groups in total. The van der Waals surface area contributed by atoms with E-state index < -0.39 is 5.97 Å². The van der Waals surface area contributed by atoms with E-state index in [-0.39, 0.29) is 5.91 Å². The summed E-state index contributed by atoms with van der Waals surface area (Å²) in [5, 5.41) is 5.67. The van der Waals surface area contributed by atoms with Gasteiger partial charge in [0.2, 0.25) is 5.91 Å². The molecule has 2 aromatic rings. The summed E-state index contributed by atoms with van der Waals surface area (Å²) in [7, 11) is 1.34. The number of para-hydroxylation sites is 1. The van der Waals surface area contributed by atoms with Crippen molar-refractivity contribution in [2.24, 2.45) is 0 Å². The number of amides is 1. The standard InChI is InChI=1S/C15H15N3O3/c1-10(19)17-14-8-7-11(9-16-14)18-13-6-4-3-5-12(13)15(20)21-2/h3-9,18H,1-2H3,(H,16,17,19). The number of nitrogens with zero attached hydrogens (tertiary/aromatic N) is 1. The Kier molecular flexibility index (Phi) is 4.50. The number of anilines is 3. The Morgan fingerprint density at radius 1 is 1.14 bits per heavy atom. The van der Waals surface area contributed by atoms with Crippen molar-refractivity contribution in [2.75, 3.05) is 17.7 Å². The van der Waals surface area contributed by atoms with Gasteiger partial charge in [-0.15, -0.1) is 0 Å². The summed E-state index contributed by atoms with van der Waals surface area (Å²) in [4.78, 5) is 26.7. The predicted molar refractivity (Wildman–Crippen MR) is 79.6 cm³/mol. The number of aromatic nitrogens is 1. The molecule has 0 aliphatic rings. The fourth-order valence-electron chi connectivity index (χ4n) is 1.76. The molecule has 0 saturated carbocycles. The lowest BCUT2D eigenvalue weighted by Crippen LogP contribution is -2.08.